The summed E-state index contributed by atoms with van der Waals surface area (Å²) in [5.74, 6) is -1.29. The van der Waals surface area contributed by atoms with Crippen molar-refractivity contribution in [1.29, 1.82) is 0 Å². The molecule has 1 amide bonds. The highest BCUT2D eigenvalue weighted by atomic mass is 16.5. The molecule has 2 heterocycles. The van der Waals surface area contributed by atoms with Crippen molar-refractivity contribution in [3.8, 4) is 5.88 Å². The van der Waals surface area contributed by atoms with E-state index in [1.54, 1.807) is 0 Å². The number of pyridine rings is 1. The smallest absolute Gasteiger partial charge is 0.326 e. The van der Waals surface area contributed by atoms with Crippen molar-refractivity contribution in [2.24, 2.45) is 0 Å². The van der Waals surface area contributed by atoms with Crippen LogP contribution in [0.5, 0.6) is 5.88 Å². The van der Waals surface area contributed by atoms with E-state index < -0.39 is 17.9 Å². The molecule has 2 atom stereocenters. The first-order valence-corrected chi connectivity index (χ1v) is 8.63. The monoisotopic (exact) mass is 366 g/mol. The average Bonchev–Trinajstić information content (AvgIpc) is 3.05. The second kappa shape index (κ2) is 8.95. The van der Waals surface area contributed by atoms with Crippen LogP contribution in [0.1, 0.15) is 44.0 Å². The first-order valence-electron chi connectivity index (χ1n) is 8.63. The lowest BCUT2D eigenvalue weighted by molar-refractivity contribution is -0.140. The molecule has 0 bridgehead atoms. The van der Waals surface area contributed by atoms with Gasteiger partial charge in [0.25, 0.3) is 5.91 Å². The first-order chi connectivity index (χ1) is 12.2. The van der Waals surface area contributed by atoms with Gasteiger partial charge in [-0.25, -0.2) is 9.78 Å². The number of rotatable bonds is 8. The molecule has 2 unspecified atom stereocenters. The molecule has 2 rings (SSSR count). The Bertz CT molecular complexity index is 622. The molecule has 144 valence electrons. The van der Waals surface area contributed by atoms with Gasteiger partial charge < -0.3 is 24.6 Å². The van der Waals surface area contributed by atoms with Gasteiger partial charge >= 0.3 is 5.97 Å². The SMILES string of the molecule is CC(C)(C)OCCC(NC(=O)c1ccnc(OC2CCOC2)c1)C(=O)O. The molecule has 8 nitrogen and oxygen atoms in total. The van der Waals surface area contributed by atoms with Gasteiger partial charge in [-0.1, -0.05) is 0 Å². The van der Waals surface area contributed by atoms with Crippen molar-refractivity contribution in [2.75, 3.05) is 19.8 Å². The minimum atomic E-state index is -1.11. The van der Waals surface area contributed by atoms with E-state index in [0.717, 1.165) is 6.42 Å². The molecule has 0 aliphatic carbocycles. The van der Waals surface area contributed by atoms with Crippen LogP contribution in [0, 0.1) is 0 Å². The van der Waals surface area contributed by atoms with Gasteiger partial charge in [-0.3, -0.25) is 4.79 Å². The van der Waals surface area contributed by atoms with Gasteiger partial charge in [-0.2, -0.15) is 0 Å². The van der Waals surface area contributed by atoms with E-state index in [0.29, 0.717) is 19.1 Å². The van der Waals surface area contributed by atoms with Crippen LogP contribution in [0.3, 0.4) is 0 Å². The van der Waals surface area contributed by atoms with E-state index in [-0.39, 0.29) is 30.3 Å². The summed E-state index contributed by atoms with van der Waals surface area (Å²) in [7, 11) is 0. The average molecular weight is 366 g/mol. The Labute approximate surface area is 152 Å². The van der Waals surface area contributed by atoms with Crippen molar-refractivity contribution in [3.05, 3.63) is 23.9 Å². The molecule has 1 aliphatic rings. The summed E-state index contributed by atoms with van der Waals surface area (Å²) in [6.45, 7) is 7.02. The van der Waals surface area contributed by atoms with E-state index in [2.05, 4.69) is 10.3 Å². The Hall–Kier alpha value is -2.19. The summed E-state index contributed by atoms with van der Waals surface area (Å²) < 4.78 is 16.4. The number of hydrogen-bond donors (Lipinski definition) is 2. The molecule has 1 aromatic rings. The minimum absolute atomic E-state index is 0.0814. The predicted molar refractivity (Wildman–Crippen MR) is 93.3 cm³/mol. The van der Waals surface area contributed by atoms with Crippen LogP contribution in [-0.2, 0) is 14.3 Å². The summed E-state index contributed by atoms with van der Waals surface area (Å²) in [5, 5.41) is 11.8. The third-order valence-corrected chi connectivity index (χ3v) is 3.72. The van der Waals surface area contributed by atoms with Gasteiger partial charge in [0.2, 0.25) is 5.88 Å². The van der Waals surface area contributed by atoms with Gasteiger partial charge in [0.15, 0.2) is 0 Å². The lowest BCUT2D eigenvalue weighted by atomic mass is 10.1. The topological polar surface area (TPSA) is 107 Å². The van der Waals surface area contributed by atoms with Crippen LogP contribution in [0.4, 0.5) is 0 Å². The molecule has 1 saturated heterocycles. The Morgan fingerprint density at radius 3 is 2.85 bits per heavy atom. The van der Waals surface area contributed by atoms with E-state index in [4.69, 9.17) is 14.2 Å². The summed E-state index contributed by atoms with van der Waals surface area (Å²) in [4.78, 5) is 27.9. The van der Waals surface area contributed by atoms with Gasteiger partial charge in [0.1, 0.15) is 12.1 Å². The molecule has 0 spiro atoms. The van der Waals surface area contributed by atoms with Crippen molar-refractivity contribution in [3.63, 3.8) is 0 Å². The number of carbonyl (C=O) groups excluding carboxylic acids is 1. The fraction of sp³-hybridized carbons (Fsp3) is 0.611. The lowest BCUT2D eigenvalue weighted by Crippen LogP contribution is -2.42. The van der Waals surface area contributed by atoms with Crippen LogP contribution in [0.2, 0.25) is 0 Å². The third-order valence-electron chi connectivity index (χ3n) is 3.72. The highest BCUT2D eigenvalue weighted by molar-refractivity contribution is 5.96. The van der Waals surface area contributed by atoms with E-state index in [1.165, 1.54) is 18.3 Å². The number of aromatic nitrogens is 1. The summed E-state index contributed by atoms with van der Waals surface area (Å²) in [5.41, 5.74) is -0.0779. The van der Waals surface area contributed by atoms with Gasteiger partial charge in [-0.15, -0.1) is 0 Å². The Morgan fingerprint density at radius 1 is 1.46 bits per heavy atom. The fourth-order valence-electron chi connectivity index (χ4n) is 2.37. The molecule has 1 fully saturated rings. The summed E-state index contributed by atoms with van der Waals surface area (Å²) >= 11 is 0. The van der Waals surface area contributed by atoms with Crippen molar-refractivity contribution in [1.82, 2.24) is 10.3 Å². The van der Waals surface area contributed by atoms with Crippen LogP contribution in [0.15, 0.2) is 18.3 Å². The summed E-state index contributed by atoms with van der Waals surface area (Å²) in [6.07, 6.45) is 2.32. The zero-order valence-corrected chi connectivity index (χ0v) is 15.4. The number of carboxylic acid groups (broad SMARTS) is 1. The number of aliphatic carboxylic acids is 1. The van der Waals surface area contributed by atoms with E-state index in [9.17, 15) is 14.7 Å². The fourth-order valence-corrected chi connectivity index (χ4v) is 2.37. The number of ether oxygens (including phenoxy) is 3. The molecule has 26 heavy (non-hydrogen) atoms. The number of amides is 1. The number of carboxylic acids is 1. The molecule has 0 saturated carbocycles. The number of hydrogen-bond acceptors (Lipinski definition) is 6. The maximum atomic E-state index is 12.4. The van der Waals surface area contributed by atoms with Crippen molar-refractivity contribution < 1.29 is 28.9 Å². The van der Waals surface area contributed by atoms with Crippen LogP contribution >= 0.6 is 0 Å². The number of nitrogens with one attached hydrogen (secondary N) is 1. The molecule has 1 aromatic heterocycles. The highest BCUT2D eigenvalue weighted by Gasteiger charge is 2.23. The largest absolute Gasteiger partial charge is 0.480 e. The molecular weight excluding hydrogens is 340 g/mol. The van der Waals surface area contributed by atoms with Crippen molar-refractivity contribution in [2.45, 2.75) is 51.4 Å². The zero-order chi connectivity index (χ0) is 19.2. The standard InChI is InChI=1S/C18H26N2O6/c1-18(2,3)25-9-6-14(17(22)23)20-16(21)12-4-7-19-15(10-12)26-13-5-8-24-11-13/h4,7,10,13-14H,5-6,8-9,11H2,1-3H3,(H,20,21)(H,22,23). The third kappa shape index (κ3) is 6.61. The van der Waals surface area contributed by atoms with Gasteiger partial charge in [0, 0.05) is 37.3 Å². The van der Waals surface area contributed by atoms with Crippen LogP contribution < -0.4 is 10.1 Å². The number of carbonyl (C=O) groups is 2. The maximum absolute atomic E-state index is 12.4. The second-order valence-electron chi connectivity index (χ2n) is 7.10. The van der Waals surface area contributed by atoms with Gasteiger partial charge in [0.05, 0.1) is 18.8 Å². The predicted octanol–water partition coefficient (Wildman–Crippen LogP) is 1.64. The molecule has 0 radical (unpaired) electrons. The molecule has 8 heteroatoms. The Balaban J connectivity index is 1.94. The lowest BCUT2D eigenvalue weighted by Gasteiger charge is -2.21. The minimum Gasteiger partial charge on any atom is -0.480 e. The molecule has 2 N–H and O–H groups in total. The highest BCUT2D eigenvalue weighted by Crippen LogP contribution is 2.16. The number of nitrogens with zero attached hydrogens (tertiary/aromatic N) is 1. The molecule has 0 aromatic carbocycles. The second-order valence-corrected chi connectivity index (χ2v) is 7.10. The van der Waals surface area contributed by atoms with E-state index in [1.807, 2.05) is 20.8 Å². The zero-order valence-electron chi connectivity index (χ0n) is 15.4. The normalized spacial score (nSPS) is 18.3. The van der Waals surface area contributed by atoms with E-state index >= 15 is 0 Å². The van der Waals surface area contributed by atoms with Crippen LogP contribution in [0.25, 0.3) is 0 Å². The Morgan fingerprint density at radius 2 is 2.23 bits per heavy atom. The van der Waals surface area contributed by atoms with Gasteiger partial charge in [-0.05, 0) is 26.8 Å². The quantitative estimate of drug-likeness (QED) is 0.720. The van der Waals surface area contributed by atoms with Crippen LogP contribution in [-0.4, -0.2) is 59.5 Å². The summed E-state index contributed by atoms with van der Waals surface area (Å²) in [6, 6.07) is 1.97. The maximum Gasteiger partial charge on any atom is 0.326 e. The first kappa shape index (κ1) is 20.1. The molecular formula is C18H26N2O6. The molecule has 1 aliphatic heterocycles. The Kier molecular flexibility index (Phi) is 6.93. The van der Waals surface area contributed by atoms with Crippen molar-refractivity contribution >= 4 is 11.9 Å².